The van der Waals surface area contributed by atoms with Crippen molar-refractivity contribution >= 4 is 5.91 Å². The number of halogens is 3. The molecule has 1 amide bonds. The van der Waals surface area contributed by atoms with Gasteiger partial charge in [0.25, 0.3) is 12.3 Å². The largest absolute Gasteiger partial charge is 0.364 e. The fourth-order valence-electron chi connectivity index (χ4n) is 0.997. The van der Waals surface area contributed by atoms with Crippen molar-refractivity contribution in [2.75, 3.05) is 0 Å². The van der Waals surface area contributed by atoms with Crippen LogP contribution in [0.3, 0.4) is 0 Å². The van der Waals surface area contributed by atoms with Gasteiger partial charge in [-0.15, -0.1) is 0 Å². The van der Waals surface area contributed by atoms with Gasteiger partial charge in [0.1, 0.15) is 11.4 Å². The van der Waals surface area contributed by atoms with Crippen LogP contribution in [0, 0.1) is 12.7 Å². The third kappa shape index (κ3) is 1.84. The van der Waals surface area contributed by atoms with Gasteiger partial charge in [-0.05, 0) is 18.6 Å². The van der Waals surface area contributed by atoms with Gasteiger partial charge < -0.3 is 5.73 Å². The van der Waals surface area contributed by atoms with E-state index in [9.17, 15) is 18.0 Å². The summed E-state index contributed by atoms with van der Waals surface area (Å²) in [6, 6.07) is 0.814. The zero-order valence-corrected chi connectivity index (χ0v) is 7.22. The smallest absolute Gasteiger partial charge is 0.283 e. The van der Waals surface area contributed by atoms with Gasteiger partial charge in [-0.2, -0.15) is 0 Å². The van der Waals surface area contributed by atoms with Crippen LogP contribution in [0.4, 0.5) is 13.2 Å². The first-order chi connectivity index (χ1) is 6.43. The lowest BCUT2D eigenvalue weighted by molar-refractivity contribution is 0.0992. The molecule has 2 N–H and O–H groups in total. The predicted molar refractivity (Wildman–Crippen MR) is 42.4 cm³/mol. The molecule has 1 rings (SSSR count). The molecular formula is C8H7F3N2O. The lowest BCUT2D eigenvalue weighted by Crippen LogP contribution is -2.16. The average molecular weight is 204 g/mol. The minimum atomic E-state index is -3.06. The van der Waals surface area contributed by atoms with E-state index in [1.54, 1.807) is 0 Å². The number of nitrogens with zero attached hydrogens (tertiary/aromatic N) is 1. The summed E-state index contributed by atoms with van der Waals surface area (Å²) in [4.78, 5) is 13.9. The number of pyridine rings is 1. The van der Waals surface area contributed by atoms with Gasteiger partial charge in [-0.1, -0.05) is 0 Å². The van der Waals surface area contributed by atoms with Crippen LogP contribution in [0.1, 0.15) is 28.2 Å². The quantitative estimate of drug-likeness (QED) is 0.794. The zero-order chi connectivity index (χ0) is 10.9. The lowest BCUT2D eigenvalue weighted by Gasteiger charge is -2.05. The molecule has 3 nitrogen and oxygen atoms in total. The van der Waals surface area contributed by atoms with Crippen molar-refractivity contribution in [3.8, 4) is 0 Å². The Kier molecular flexibility index (Phi) is 2.73. The van der Waals surface area contributed by atoms with E-state index in [2.05, 4.69) is 4.98 Å². The predicted octanol–water partition coefficient (Wildman–Crippen LogP) is 1.57. The van der Waals surface area contributed by atoms with Crippen LogP contribution in [0.15, 0.2) is 6.07 Å². The first-order valence-electron chi connectivity index (χ1n) is 3.68. The average Bonchev–Trinajstić information content (AvgIpc) is 2.02. The Morgan fingerprint density at radius 1 is 1.57 bits per heavy atom. The van der Waals surface area contributed by atoms with Crippen molar-refractivity contribution in [3.63, 3.8) is 0 Å². The molecule has 0 fully saturated rings. The second-order valence-electron chi connectivity index (χ2n) is 2.69. The van der Waals surface area contributed by atoms with E-state index in [4.69, 9.17) is 5.73 Å². The third-order valence-electron chi connectivity index (χ3n) is 1.63. The summed E-state index contributed by atoms with van der Waals surface area (Å²) in [6.45, 7) is 1.37. The van der Waals surface area contributed by atoms with E-state index < -0.39 is 23.8 Å². The van der Waals surface area contributed by atoms with Crippen molar-refractivity contribution in [3.05, 3.63) is 28.8 Å². The fourth-order valence-corrected chi connectivity index (χ4v) is 0.997. The van der Waals surface area contributed by atoms with Gasteiger partial charge in [0, 0.05) is 0 Å². The molecule has 0 aromatic carbocycles. The molecule has 14 heavy (non-hydrogen) atoms. The molecule has 1 aromatic rings. The van der Waals surface area contributed by atoms with Crippen molar-refractivity contribution in [2.45, 2.75) is 13.3 Å². The number of rotatable bonds is 2. The van der Waals surface area contributed by atoms with Crippen LogP contribution in [-0.2, 0) is 0 Å². The van der Waals surface area contributed by atoms with Crippen LogP contribution in [-0.4, -0.2) is 10.9 Å². The second-order valence-corrected chi connectivity index (χ2v) is 2.69. The molecule has 0 aliphatic rings. The SMILES string of the molecule is Cc1cc(F)c(C(F)F)nc1C(N)=O. The van der Waals surface area contributed by atoms with Crippen LogP contribution < -0.4 is 5.73 Å². The number of aromatic nitrogens is 1. The molecule has 0 aliphatic heterocycles. The highest BCUT2D eigenvalue weighted by molar-refractivity contribution is 5.92. The third-order valence-corrected chi connectivity index (χ3v) is 1.63. The summed E-state index contributed by atoms with van der Waals surface area (Å²) >= 11 is 0. The maximum Gasteiger partial charge on any atom is 0.283 e. The molecule has 0 spiro atoms. The minimum absolute atomic E-state index is 0.138. The summed E-state index contributed by atoms with van der Waals surface area (Å²) in [5.41, 5.74) is 3.62. The molecule has 0 aliphatic carbocycles. The van der Waals surface area contributed by atoms with Crippen LogP contribution >= 0.6 is 0 Å². The maximum atomic E-state index is 12.9. The maximum absolute atomic E-state index is 12.9. The number of nitrogens with two attached hydrogens (primary N) is 1. The van der Waals surface area contributed by atoms with Crippen molar-refractivity contribution < 1.29 is 18.0 Å². The molecule has 0 atom stereocenters. The summed E-state index contributed by atoms with van der Waals surface area (Å²) in [5, 5.41) is 0. The number of primary amides is 1. The topological polar surface area (TPSA) is 56.0 Å². The number of hydrogen-bond donors (Lipinski definition) is 1. The molecule has 0 saturated carbocycles. The van der Waals surface area contributed by atoms with Gasteiger partial charge in [0.2, 0.25) is 0 Å². The van der Waals surface area contributed by atoms with Gasteiger partial charge in [-0.3, -0.25) is 4.79 Å². The van der Waals surface area contributed by atoms with Gasteiger partial charge in [0.15, 0.2) is 5.82 Å². The van der Waals surface area contributed by atoms with Crippen molar-refractivity contribution in [2.24, 2.45) is 5.73 Å². The highest BCUT2D eigenvalue weighted by Crippen LogP contribution is 2.21. The monoisotopic (exact) mass is 204 g/mol. The molecule has 0 unspecified atom stereocenters. The van der Waals surface area contributed by atoms with Crippen molar-refractivity contribution in [1.29, 1.82) is 0 Å². The Balaban J connectivity index is 3.34. The molecule has 0 saturated heterocycles. The fraction of sp³-hybridized carbons (Fsp3) is 0.250. The number of alkyl halides is 2. The number of aryl methyl sites for hydroxylation is 1. The first-order valence-corrected chi connectivity index (χ1v) is 3.68. The Labute approximate surface area is 77.7 Å². The number of carbonyl (C=O) groups is 1. The number of amides is 1. The number of carbonyl (C=O) groups excluding carboxylic acids is 1. The van der Waals surface area contributed by atoms with E-state index in [-0.39, 0.29) is 11.3 Å². The summed E-state index contributed by atoms with van der Waals surface area (Å²) < 4.78 is 37.1. The van der Waals surface area contributed by atoms with Gasteiger partial charge in [-0.25, -0.2) is 18.2 Å². The van der Waals surface area contributed by atoms with E-state index in [1.807, 2.05) is 0 Å². The Hall–Kier alpha value is -1.59. The Morgan fingerprint density at radius 3 is 2.57 bits per heavy atom. The Bertz CT molecular complexity index is 379. The summed E-state index contributed by atoms with van der Waals surface area (Å²) in [5.74, 6) is -2.09. The van der Waals surface area contributed by atoms with Crippen LogP contribution in [0.5, 0.6) is 0 Å². The molecular weight excluding hydrogens is 197 g/mol. The van der Waals surface area contributed by atoms with Crippen LogP contribution in [0.25, 0.3) is 0 Å². The van der Waals surface area contributed by atoms with E-state index in [0.29, 0.717) is 0 Å². The van der Waals surface area contributed by atoms with E-state index >= 15 is 0 Å². The highest BCUT2D eigenvalue weighted by Gasteiger charge is 2.19. The molecule has 1 aromatic heterocycles. The summed E-state index contributed by atoms with van der Waals surface area (Å²) in [7, 11) is 0. The zero-order valence-electron chi connectivity index (χ0n) is 7.22. The molecule has 76 valence electrons. The Morgan fingerprint density at radius 2 is 2.14 bits per heavy atom. The summed E-state index contributed by atoms with van der Waals surface area (Å²) in [6.07, 6.45) is -3.06. The van der Waals surface area contributed by atoms with Gasteiger partial charge >= 0.3 is 0 Å². The molecule has 0 radical (unpaired) electrons. The van der Waals surface area contributed by atoms with Crippen molar-refractivity contribution in [1.82, 2.24) is 4.98 Å². The van der Waals surface area contributed by atoms with E-state index in [1.165, 1.54) is 6.92 Å². The van der Waals surface area contributed by atoms with Crippen LogP contribution in [0.2, 0.25) is 0 Å². The molecule has 1 heterocycles. The van der Waals surface area contributed by atoms with E-state index in [0.717, 1.165) is 6.07 Å². The second kappa shape index (κ2) is 3.65. The van der Waals surface area contributed by atoms with Gasteiger partial charge in [0.05, 0.1) is 0 Å². The number of hydrogen-bond acceptors (Lipinski definition) is 2. The minimum Gasteiger partial charge on any atom is -0.364 e. The normalized spacial score (nSPS) is 10.6. The standard InChI is InChI=1S/C8H7F3N2O/c1-3-2-4(9)6(7(10)11)13-5(3)8(12)14/h2,7H,1H3,(H2,12,14). The molecule has 6 heteroatoms. The highest BCUT2D eigenvalue weighted by atomic mass is 19.3. The first kappa shape index (κ1) is 10.5. The lowest BCUT2D eigenvalue weighted by atomic mass is 10.2. The molecule has 0 bridgehead atoms.